The third-order valence-electron chi connectivity index (χ3n) is 5.59. The number of carbonyl (C=O) groups is 1. The number of aromatic amines is 1. The minimum Gasteiger partial charge on any atom is -0.337 e. The second-order valence-electron chi connectivity index (χ2n) is 7.43. The Bertz CT molecular complexity index is 945. The van der Waals surface area contributed by atoms with Crippen LogP contribution in [0.5, 0.6) is 0 Å². The average molecular weight is 336 g/mol. The number of nitrogens with zero attached hydrogens (tertiary/aromatic N) is 5. The Balaban J connectivity index is 1.31. The summed E-state index contributed by atoms with van der Waals surface area (Å²) in [7, 11) is 0. The number of fused-ring (bicyclic) bond motifs is 2. The zero-order chi connectivity index (χ0) is 17.1. The van der Waals surface area contributed by atoms with Crippen LogP contribution in [-0.2, 0) is 0 Å². The fraction of sp³-hybridized carbons (Fsp3) is 0.444. The van der Waals surface area contributed by atoms with Gasteiger partial charge in [-0.25, -0.2) is 4.52 Å². The van der Waals surface area contributed by atoms with Crippen molar-refractivity contribution in [2.75, 3.05) is 13.1 Å². The van der Waals surface area contributed by atoms with Crippen molar-refractivity contribution >= 4 is 11.4 Å². The van der Waals surface area contributed by atoms with Gasteiger partial charge in [0.1, 0.15) is 5.69 Å². The van der Waals surface area contributed by atoms with E-state index in [0.717, 1.165) is 30.0 Å². The van der Waals surface area contributed by atoms with E-state index in [1.54, 1.807) is 0 Å². The normalized spacial score (nSPS) is 24.9. The van der Waals surface area contributed by atoms with Gasteiger partial charge in [0.05, 0.1) is 11.2 Å². The van der Waals surface area contributed by atoms with E-state index in [2.05, 4.69) is 40.4 Å². The topological polar surface area (TPSA) is 79.2 Å². The highest BCUT2D eigenvalue weighted by Crippen LogP contribution is 2.58. The van der Waals surface area contributed by atoms with Crippen LogP contribution in [0.15, 0.2) is 30.5 Å². The predicted molar refractivity (Wildman–Crippen MR) is 91.3 cm³/mol. The zero-order valence-corrected chi connectivity index (χ0v) is 14.3. The number of likely N-dealkylation sites (tertiary alicyclic amines) is 1. The van der Waals surface area contributed by atoms with Crippen LogP contribution in [-0.4, -0.2) is 48.9 Å². The second-order valence-corrected chi connectivity index (χ2v) is 7.43. The Labute approximate surface area is 145 Å². The summed E-state index contributed by atoms with van der Waals surface area (Å²) in [5, 5.41) is 15.7. The molecule has 3 aromatic rings. The molecule has 4 heterocycles. The minimum absolute atomic E-state index is 0.0296. The first-order chi connectivity index (χ1) is 12.1. The first-order valence-corrected chi connectivity index (χ1v) is 8.78. The zero-order valence-electron chi connectivity index (χ0n) is 14.3. The summed E-state index contributed by atoms with van der Waals surface area (Å²) in [6, 6.07) is 7.90. The van der Waals surface area contributed by atoms with Crippen LogP contribution in [0.3, 0.4) is 0 Å². The van der Waals surface area contributed by atoms with E-state index in [0.29, 0.717) is 29.4 Å². The molecule has 2 fully saturated rings. The first kappa shape index (κ1) is 14.6. The number of hydrogen-bond donors (Lipinski definition) is 1. The van der Waals surface area contributed by atoms with Gasteiger partial charge in [-0.3, -0.25) is 9.89 Å². The van der Waals surface area contributed by atoms with Gasteiger partial charge < -0.3 is 4.90 Å². The Kier molecular flexibility index (Phi) is 3.01. The van der Waals surface area contributed by atoms with Crippen molar-refractivity contribution in [3.63, 3.8) is 0 Å². The number of aromatic nitrogens is 5. The molecular weight excluding hydrogens is 316 g/mol. The number of piperidine rings is 1. The summed E-state index contributed by atoms with van der Waals surface area (Å²) in [6.45, 7) is 5.73. The fourth-order valence-electron chi connectivity index (χ4n) is 4.10. The molecule has 1 amide bonds. The fourth-order valence-corrected chi connectivity index (χ4v) is 4.10. The molecule has 0 radical (unpaired) electrons. The molecule has 25 heavy (non-hydrogen) atoms. The van der Waals surface area contributed by atoms with Crippen LogP contribution < -0.4 is 0 Å². The number of amides is 1. The molecule has 128 valence electrons. The highest BCUT2D eigenvalue weighted by Gasteiger charge is 2.59. The number of pyridine rings is 1. The van der Waals surface area contributed by atoms with E-state index in [1.165, 1.54) is 0 Å². The molecule has 3 aromatic heterocycles. The van der Waals surface area contributed by atoms with Crippen LogP contribution in [0.4, 0.5) is 0 Å². The van der Waals surface area contributed by atoms with Gasteiger partial charge in [0.25, 0.3) is 5.91 Å². The Morgan fingerprint density at radius 3 is 2.80 bits per heavy atom. The molecule has 2 atom stereocenters. The van der Waals surface area contributed by atoms with Gasteiger partial charge >= 0.3 is 0 Å². The lowest BCUT2D eigenvalue weighted by molar-refractivity contribution is 0.0766. The predicted octanol–water partition coefficient (Wildman–Crippen LogP) is 2.06. The maximum atomic E-state index is 12.7. The molecule has 0 aromatic carbocycles. The molecule has 5 rings (SSSR count). The molecule has 1 aliphatic carbocycles. The third-order valence-corrected chi connectivity index (χ3v) is 5.59. The smallest absolute Gasteiger partial charge is 0.274 e. The molecule has 1 saturated heterocycles. The number of carbonyl (C=O) groups excluding carboxylic acids is 1. The molecule has 2 aliphatic rings. The largest absolute Gasteiger partial charge is 0.337 e. The highest BCUT2D eigenvalue weighted by atomic mass is 16.2. The number of rotatable bonds is 3. The summed E-state index contributed by atoms with van der Waals surface area (Å²) >= 11 is 0. The lowest BCUT2D eigenvalue weighted by Crippen LogP contribution is -2.31. The Morgan fingerprint density at radius 2 is 2.08 bits per heavy atom. The van der Waals surface area contributed by atoms with Crippen molar-refractivity contribution < 1.29 is 4.79 Å². The van der Waals surface area contributed by atoms with Crippen LogP contribution in [0, 0.1) is 11.8 Å². The third kappa shape index (κ3) is 2.18. The van der Waals surface area contributed by atoms with Crippen molar-refractivity contribution in [2.45, 2.75) is 25.7 Å². The van der Waals surface area contributed by atoms with E-state index in [-0.39, 0.29) is 5.91 Å². The van der Waals surface area contributed by atoms with Crippen molar-refractivity contribution in [3.05, 3.63) is 47.5 Å². The van der Waals surface area contributed by atoms with E-state index < -0.39 is 0 Å². The van der Waals surface area contributed by atoms with Gasteiger partial charge in [0, 0.05) is 30.9 Å². The molecule has 1 aliphatic heterocycles. The SMILES string of the molecule is CC(C)c1cc(C(=O)N2CC3C(C2)C3c2nnn3ccccc23)n[nH]1. The van der Waals surface area contributed by atoms with Crippen LogP contribution in [0.2, 0.25) is 0 Å². The second kappa shape index (κ2) is 5.15. The monoisotopic (exact) mass is 336 g/mol. The van der Waals surface area contributed by atoms with Crippen LogP contribution in [0.25, 0.3) is 5.52 Å². The maximum Gasteiger partial charge on any atom is 0.274 e. The number of hydrogen-bond acceptors (Lipinski definition) is 4. The molecule has 1 saturated carbocycles. The van der Waals surface area contributed by atoms with Gasteiger partial charge in [0.2, 0.25) is 0 Å². The maximum absolute atomic E-state index is 12.7. The molecule has 1 N–H and O–H groups in total. The first-order valence-electron chi connectivity index (χ1n) is 8.78. The van der Waals surface area contributed by atoms with Gasteiger partial charge in [-0.05, 0) is 36.0 Å². The molecule has 2 unspecified atom stereocenters. The lowest BCUT2D eigenvalue weighted by atomic mass is 10.1. The Morgan fingerprint density at radius 1 is 1.28 bits per heavy atom. The van der Waals surface area contributed by atoms with Gasteiger partial charge in [-0.1, -0.05) is 25.1 Å². The van der Waals surface area contributed by atoms with Gasteiger partial charge in [0.15, 0.2) is 0 Å². The summed E-state index contributed by atoms with van der Waals surface area (Å²) in [5.41, 5.74) is 3.68. The summed E-state index contributed by atoms with van der Waals surface area (Å²) in [5.74, 6) is 1.78. The quantitative estimate of drug-likeness (QED) is 0.794. The van der Waals surface area contributed by atoms with E-state index >= 15 is 0 Å². The lowest BCUT2D eigenvalue weighted by Gasteiger charge is -2.18. The number of nitrogens with one attached hydrogen (secondary N) is 1. The average Bonchev–Trinajstić information content (AvgIpc) is 3.11. The van der Waals surface area contributed by atoms with E-state index in [1.807, 2.05) is 33.8 Å². The van der Waals surface area contributed by atoms with Crippen LogP contribution >= 0.6 is 0 Å². The highest BCUT2D eigenvalue weighted by molar-refractivity contribution is 5.92. The van der Waals surface area contributed by atoms with Crippen LogP contribution in [0.1, 0.15) is 47.6 Å². The molecule has 7 nitrogen and oxygen atoms in total. The molecule has 7 heteroatoms. The summed E-state index contributed by atoms with van der Waals surface area (Å²) in [4.78, 5) is 14.6. The number of H-pyrrole nitrogens is 1. The standard InChI is InChI=1S/C18H20N6O/c1-10(2)13-7-14(20-19-13)18(25)23-8-11-12(9-23)16(11)17-15-5-3-4-6-24(15)22-21-17/h3-7,10-12,16H,8-9H2,1-2H3,(H,19,20). The van der Waals surface area contributed by atoms with Crippen molar-refractivity contribution in [2.24, 2.45) is 11.8 Å². The summed E-state index contributed by atoms with van der Waals surface area (Å²) < 4.78 is 1.82. The van der Waals surface area contributed by atoms with E-state index in [4.69, 9.17) is 0 Å². The Hall–Kier alpha value is -2.70. The van der Waals surface area contributed by atoms with Crippen molar-refractivity contribution in [3.8, 4) is 0 Å². The van der Waals surface area contributed by atoms with Crippen molar-refractivity contribution in [1.82, 2.24) is 29.9 Å². The molecule has 0 bridgehead atoms. The van der Waals surface area contributed by atoms with Crippen molar-refractivity contribution in [1.29, 1.82) is 0 Å². The minimum atomic E-state index is 0.0296. The van der Waals surface area contributed by atoms with Gasteiger partial charge in [-0.2, -0.15) is 5.10 Å². The summed E-state index contributed by atoms with van der Waals surface area (Å²) in [6.07, 6.45) is 1.92. The molecule has 0 spiro atoms. The molecular formula is C18H20N6O. The van der Waals surface area contributed by atoms with E-state index in [9.17, 15) is 4.79 Å². The van der Waals surface area contributed by atoms with Gasteiger partial charge in [-0.15, -0.1) is 5.10 Å².